The number of morpholine rings is 1. The fraction of sp³-hybridized carbons (Fsp3) is 0.667. The number of aromatic nitrogens is 2. The molecule has 0 unspecified atom stereocenters. The molecule has 1 aliphatic heterocycles. The first kappa shape index (κ1) is 16.8. The molecule has 0 aliphatic carbocycles. The zero-order valence-electron chi connectivity index (χ0n) is 11.9. The molecule has 0 spiro atoms. The maximum Gasteiger partial charge on any atom is 0.419 e. The Bertz CT molecular complexity index is 493. The van der Waals surface area contributed by atoms with Crippen molar-refractivity contribution in [2.75, 3.05) is 25.5 Å². The molecule has 5 nitrogen and oxygen atoms in total. The topological polar surface area (TPSA) is 50.3 Å². The quantitative estimate of drug-likeness (QED) is 0.863. The van der Waals surface area contributed by atoms with E-state index in [9.17, 15) is 22.0 Å². The van der Waals surface area contributed by atoms with Crippen molar-refractivity contribution in [3.8, 4) is 0 Å². The molecule has 0 aromatic carbocycles. The average molecular weight is 326 g/mol. The molecule has 1 aliphatic rings. The molecule has 10 heteroatoms. The lowest BCUT2D eigenvalue weighted by Crippen LogP contribution is -2.57. The third kappa shape index (κ3) is 4.01. The first-order valence-electron chi connectivity index (χ1n) is 6.47. The summed E-state index contributed by atoms with van der Waals surface area (Å²) in [5.41, 5.74) is -0.954. The van der Waals surface area contributed by atoms with Crippen molar-refractivity contribution in [2.45, 2.75) is 31.4 Å². The normalized spacial score (nSPS) is 26.0. The van der Waals surface area contributed by atoms with Gasteiger partial charge in [-0.3, -0.25) is 4.90 Å². The van der Waals surface area contributed by atoms with E-state index in [1.807, 2.05) is 0 Å². The summed E-state index contributed by atoms with van der Waals surface area (Å²) >= 11 is 0. The maximum atomic E-state index is 13.2. The summed E-state index contributed by atoms with van der Waals surface area (Å²) in [4.78, 5) is 8.54. The molecule has 1 saturated heterocycles. The SMILES string of the molecule is C[C@@H]1OC(F)(F)CN(C)[C@@H]1CNc1ncc(C(F)(F)F)cn1. The number of hydrogen-bond donors (Lipinski definition) is 1. The third-order valence-corrected chi connectivity index (χ3v) is 3.35. The fourth-order valence-electron chi connectivity index (χ4n) is 2.24. The first-order chi connectivity index (χ1) is 10.1. The van der Waals surface area contributed by atoms with Gasteiger partial charge in [0.05, 0.1) is 24.3 Å². The van der Waals surface area contributed by atoms with Gasteiger partial charge in [-0.25, -0.2) is 9.97 Å². The highest BCUT2D eigenvalue weighted by atomic mass is 19.4. The Kier molecular flexibility index (Phi) is 4.52. The minimum Gasteiger partial charge on any atom is -0.353 e. The molecule has 1 aromatic rings. The Hall–Kier alpha value is -1.55. The van der Waals surface area contributed by atoms with Gasteiger partial charge in [0.2, 0.25) is 5.95 Å². The highest BCUT2D eigenvalue weighted by Gasteiger charge is 2.43. The fourth-order valence-corrected chi connectivity index (χ4v) is 2.24. The Morgan fingerprint density at radius 1 is 1.36 bits per heavy atom. The highest BCUT2D eigenvalue weighted by Crippen LogP contribution is 2.29. The molecule has 0 radical (unpaired) electrons. The number of rotatable bonds is 3. The second kappa shape index (κ2) is 5.92. The first-order valence-corrected chi connectivity index (χ1v) is 6.47. The largest absolute Gasteiger partial charge is 0.419 e. The van der Waals surface area contributed by atoms with E-state index in [0.717, 1.165) is 0 Å². The molecule has 2 rings (SSSR count). The molecule has 0 bridgehead atoms. The van der Waals surface area contributed by atoms with E-state index in [4.69, 9.17) is 0 Å². The Morgan fingerprint density at radius 3 is 2.45 bits per heavy atom. The summed E-state index contributed by atoms with van der Waals surface area (Å²) in [7, 11) is 1.52. The van der Waals surface area contributed by atoms with Crippen molar-refractivity contribution in [1.82, 2.24) is 14.9 Å². The van der Waals surface area contributed by atoms with Crippen molar-refractivity contribution < 1.29 is 26.7 Å². The van der Waals surface area contributed by atoms with Gasteiger partial charge in [0, 0.05) is 18.9 Å². The molecular formula is C12H15F5N4O. The lowest BCUT2D eigenvalue weighted by molar-refractivity contribution is -0.302. The summed E-state index contributed by atoms with van der Waals surface area (Å²) < 4.78 is 68.1. The van der Waals surface area contributed by atoms with Gasteiger partial charge in [-0.2, -0.15) is 22.0 Å². The Balaban J connectivity index is 1.95. The number of likely N-dealkylation sites (N-methyl/N-ethyl adjacent to an activating group) is 1. The predicted octanol–water partition coefficient (Wildman–Crippen LogP) is 2.22. The van der Waals surface area contributed by atoms with Crippen LogP contribution in [0.5, 0.6) is 0 Å². The molecular weight excluding hydrogens is 311 g/mol. The van der Waals surface area contributed by atoms with Gasteiger partial charge in [-0.1, -0.05) is 0 Å². The third-order valence-electron chi connectivity index (χ3n) is 3.35. The van der Waals surface area contributed by atoms with Crippen LogP contribution in [0.15, 0.2) is 12.4 Å². The van der Waals surface area contributed by atoms with E-state index in [1.54, 1.807) is 0 Å². The van der Waals surface area contributed by atoms with Crippen LogP contribution in [0, 0.1) is 0 Å². The minimum atomic E-state index is -4.50. The van der Waals surface area contributed by atoms with Crippen LogP contribution >= 0.6 is 0 Å². The van der Waals surface area contributed by atoms with Crippen molar-refractivity contribution in [3.05, 3.63) is 18.0 Å². The number of alkyl halides is 5. The number of nitrogens with zero attached hydrogens (tertiary/aromatic N) is 3. The molecule has 1 fully saturated rings. The van der Waals surface area contributed by atoms with E-state index in [0.29, 0.717) is 12.4 Å². The van der Waals surface area contributed by atoms with Crippen molar-refractivity contribution in [3.63, 3.8) is 0 Å². The number of hydrogen-bond acceptors (Lipinski definition) is 5. The van der Waals surface area contributed by atoms with Gasteiger partial charge in [-0.15, -0.1) is 0 Å². The smallest absolute Gasteiger partial charge is 0.353 e. The van der Waals surface area contributed by atoms with Gasteiger partial charge in [0.25, 0.3) is 0 Å². The molecule has 0 saturated carbocycles. The van der Waals surface area contributed by atoms with E-state index >= 15 is 0 Å². The summed E-state index contributed by atoms with van der Waals surface area (Å²) in [5, 5.41) is 2.73. The molecule has 0 amide bonds. The van der Waals surface area contributed by atoms with Gasteiger partial charge < -0.3 is 10.1 Å². The lowest BCUT2D eigenvalue weighted by Gasteiger charge is -2.41. The number of halogens is 5. The van der Waals surface area contributed by atoms with Crippen LogP contribution in [-0.2, 0) is 10.9 Å². The van der Waals surface area contributed by atoms with Crippen LogP contribution in [0.2, 0.25) is 0 Å². The van der Waals surface area contributed by atoms with Crippen LogP contribution < -0.4 is 5.32 Å². The maximum absolute atomic E-state index is 13.2. The van der Waals surface area contributed by atoms with E-state index in [1.165, 1.54) is 18.9 Å². The van der Waals surface area contributed by atoms with Gasteiger partial charge in [0.1, 0.15) is 0 Å². The average Bonchev–Trinajstić information content (AvgIpc) is 2.35. The van der Waals surface area contributed by atoms with Crippen LogP contribution in [0.1, 0.15) is 12.5 Å². The van der Waals surface area contributed by atoms with Crippen LogP contribution in [-0.4, -0.2) is 53.3 Å². The summed E-state index contributed by atoms with van der Waals surface area (Å²) in [6.07, 6.45) is -7.15. The zero-order valence-corrected chi connectivity index (χ0v) is 11.9. The number of anilines is 1. The highest BCUT2D eigenvalue weighted by molar-refractivity contribution is 5.26. The van der Waals surface area contributed by atoms with Gasteiger partial charge in [-0.05, 0) is 14.0 Å². The number of ether oxygens (including phenoxy) is 1. The van der Waals surface area contributed by atoms with Crippen LogP contribution in [0.3, 0.4) is 0 Å². The Labute approximate surface area is 123 Å². The predicted molar refractivity (Wildman–Crippen MR) is 67.4 cm³/mol. The molecule has 2 heterocycles. The summed E-state index contributed by atoms with van der Waals surface area (Å²) in [5.74, 6) is -0.00839. The second-order valence-corrected chi connectivity index (χ2v) is 5.12. The molecule has 124 valence electrons. The second-order valence-electron chi connectivity index (χ2n) is 5.12. The monoisotopic (exact) mass is 326 g/mol. The minimum absolute atomic E-state index is 0.00839. The zero-order chi connectivity index (χ0) is 16.5. The van der Waals surface area contributed by atoms with Crippen molar-refractivity contribution in [1.29, 1.82) is 0 Å². The van der Waals surface area contributed by atoms with E-state index in [-0.39, 0.29) is 18.5 Å². The lowest BCUT2D eigenvalue weighted by atomic mass is 10.1. The summed E-state index contributed by atoms with van der Waals surface area (Å²) in [6, 6.07) is -0.384. The van der Waals surface area contributed by atoms with Gasteiger partial charge in [0.15, 0.2) is 0 Å². The molecule has 2 atom stereocenters. The van der Waals surface area contributed by atoms with Crippen LogP contribution in [0.4, 0.5) is 27.9 Å². The standard InChI is InChI=1S/C12H15F5N4O/c1-7-9(21(2)6-11(13,14)22-7)5-20-10-18-3-8(4-19-10)12(15,16)17/h3-4,7,9H,5-6H2,1-2H3,(H,18,19,20)/t7-,9+/m0/s1. The molecule has 1 aromatic heterocycles. The summed E-state index contributed by atoms with van der Waals surface area (Å²) in [6.45, 7) is 1.11. The van der Waals surface area contributed by atoms with E-state index in [2.05, 4.69) is 20.0 Å². The van der Waals surface area contributed by atoms with Crippen molar-refractivity contribution in [2.24, 2.45) is 0 Å². The number of nitrogens with one attached hydrogen (secondary N) is 1. The van der Waals surface area contributed by atoms with Gasteiger partial charge >= 0.3 is 12.3 Å². The molecule has 1 N–H and O–H groups in total. The van der Waals surface area contributed by atoms with Crippen LogP contribution in [0.25, 0.3) is 0 Å². The van der Waals surface area contributed by atoms with Crippen molar-refractivity contribution >= 4 is 5.95 Å². The Morgan fingerprint density at radius 2 is 1.95 bits per heavy atom. The molecule has 22 heavy (non-hydrogen) atoms. The van der Waals surface area contributed by atoms with E-state index < -0.39 is 30.5 Å².